The van der Waals surface area contributed by atoms with Crippen LogP contribution in [-0.2, 0) is 4.79 Å². The molecule has 33 heavy (non-hydrogen) atoms. The van der Waals surface area contributed by atoms with Crippen LogP contribution >= 0.6 is 0 Å². The molecule has 1 spiro atoms. The van der Waals surface area contributed by atoms with E-state index in [-0.39, 0.29) is 41.5 Å². The largest absolute Gasteiger partial charge is 0.436 e. The van der Waals surface area contributed by atoms with E-state index in [1.54, 1.807) is 42.5 Å². The Morgan fingerprint density at radius 3 is 2.67 bits per heavy atom. The number of nitrogens with one attached hydrogen (secondary N) is 3. The van der Waals surface area contributed by atoms with E-state index >= 15 is 0 Å². The molecule has 1 aliphatic heterocycles. The van der Waals surface area contributed by atoms with Crippen LogP contribution in [0.5, 0.6) is 0 Å². The highest BCUT2D eigenvalue weighted by molar-refractivity contribution is 6.07. The molecule has 0 bridgehead atoms. The van der Waals surface area contributed by atoms with Crippen LogP contribution in [0.2, 0.25) is 0 Å². The molecule has 5 rings (SSSR count). The average molecular weight is 448 g/mol. The van der Waals surface area contributed by atoms with Crippen LogP contribution in [0.3, 0.4) is 0 Å². The van der Waals surface area contributed by atoms with E-state index in [0.717, 1.165) is 6.42 Å². The lowest BCUT2D eigenvalue weighted by molar-refractivity contribution is -0.125. The highest BCUT2D eigenvalue weighted by Crippen LogP contribution is 2.37. The minimum atomic E-state index is -0.971. The molecule has 1 saturated carbocycles. The maximum Gasteiger partial charge on any atom is 0.322 e. The SMILES string of the molecule is O=C1NC(=O)C2(CCCC2CNC(=O)c2ccccc2-c2ncc(-c3ccccc3F)o2)N1. The molecule has 4 amide bonds. The van der Waals surface area contributed by atoms with E-state index in [1.807, 2.05) is 0 Å². The van der Waals surface area contributed by atoms with Crippen molar-refractivity contribution in [2.75, 3.05) is 6.54 Å². The van der Waals surface area contributed by atoms with Gasteiger partial charge in [-0.15, -0.1) is 0 Å². The highest BCUT2D eigenvalue weighted by atomic mass is 19.1. The lowest BCUT2D eigenvalue weighted by atomic mass is 9.87. The van der Waals surface area contributed by atoms with Gasteiger partial charge in [-0.25, -0.2) is 14.2 Å². The molecule has 2 heterocycles. The summed E-state index contributed by atoms with van der Waals surface area (Å²) < 4.78 is 19.9. The van der Waals surface area contributed by atoms with Crippen molar-refractivity contribution in [1.82, 2.24) is 20.9 Å². The zero-order valence-electron chi connectivity index (χ0n) is 17.6. The molecule has 1 aliphatic carbocycles. The summed E-state index contributed by atoms with van der Waals surface area (Å²) in [5, 5.41) is 7.93. The van der Waals surface area contributed by atoms with Crippen molar-refractivity contribution in [2.45, 2.75) is 24.8 Å². The Kier molecular flexibility index (Phi) is 5.16. The molecule has 2 unspecified atom stereocenters. The Bertz CT molecular complexity index is 1260. The minimum absolute atomic E-state index is 0.193. The van der Waals surface area contributed by atoms with Gasteiger partial charge in [-0.05, 0) is 37.1 Å². The Labute approximate surface area is 188 Å². The lowest BCUT2D eigenvalue weighted by Gasteiger charge is -2.28. The van der Waals surface area contributed by atoms with Crippen molar-refractivity contribution in [3.63, 3.8) is 0 Å². The van der Waals surface area contributed by atoms with Crippen LogP contribution < -0.4 is 16.0 Å². The summed E-state index contributed by atoms with van der Waals surface area (Å²) in [6.45, 7) is 0.229. The van der Waals surface area contributed by atoms with Crippen molar-refractivity contribution >= 4 is 17.8 Å². The Hall–Kier alpha value is -4.01. The molecule has 2 aliphatic rings. The fraction of sp³-hybridized carbons (Fsp3) is 0.250. The summed E-state index contributed by atoms with van der Waals surface area (Å²) in [7, 11) is 0. The first-order valence-electron chi connectivity index (χ1n) is 10.7. The van der Waals surface area contributed by atoms with Gasteiger partial charge in [0, 0.05) is 18.0 Å². The number of amides is 4. The Morgan fingerprint density at radius 2 is 1.91 bits per heavy atom. The van der Waals surface area contributed by atoms with Gasteiger partial charge in [0.15, 0.2) is 5.76 Å². The maximum absolute atomic E-state index is 14.1. The third-order valence-electron chi connectivity index (χ3n) is 6.35. The summed E-state index contributed by atoms with van der Waals surface area (Å²) in [6, 6.07) is 12.5. The molecule has 3 N–H and O–H groups in total. The van der Waals surface area contributed by atoms with E-state index < -0.39 is 17.4 Å². The second kappa shape index (κ2) is 8.16. The fourth-order valence-electron chi connectivity index (χ4n) is 4.69. The number of carbonyl (C=O) groups is 3. The van der Waals surface area contributed by atoms with E-state index in [1.165, 1.54) is 12.3 Å². The molecule has 2 fully saturated rings. The van der Waals surface area contributed by atoms with Crippen molar-refractivity contribution in [2.24, 2.45) is 5.92 Å². The van der Waals surface area contributed by atoms with Crippen LogP contribution in [0.25, 0.3) is 22.8 Å². The normalized spacial score (nSPS) is 21.8. The fourth-order valence-corrected chi connectivity index (χ4v) is 4.69. The number of oxazole rings is 1. The smallest absolute Gasteiger partial charge is 0.322 e. The number of hydrogen-bond donors (Lipinski definition) is 3. The first-order chi connectivity index (χ1) is 16.0. The minimum Gasteiger partial charge on any atom is -0.436 e. The van der Waals surface area contributed by atoms with Crippen LogP contribution in [-0.4, -0.2) is 34.9 Å². The summed E-state index contributed by atoms with van der Waals surface area (Å²) in [6.07, 6.45) is 3.45. The molecule has 3 aromatic rings. The van der Waals surface area contributed by atoms with E-state index in [9.17, 15) is 18.8 Å². The number of aromatic nitrogens is 1. The quantitative estimate of drug-likeness (QED) is 0.519. The van der Waals surface area contributed by atoms with E-state index in [2.05, 4.69) is 20.9 Å². The zero-order chi connectivity index (χ0) is 23.0. The molecule has 2 aromatic carbocycles. The van der Waals surface area contributed by atoms with Gasteiger partial charge in [-0.1, -0.05) is 30.7 Å². The number of hydrogen-bond acceptors (Lipinski definition) is 5. The van der Waals surface area contributed by atoms with Crippen LogP contribution in [0.15, 0.2) is 59.1 Å². The third-order valence-corrected chi connectivity index (χ3v) is 6.35. The maximum atomic E-state index is 14.1. The molecule has 8 nitrogen and oxygen atoms in total. The predicted molar refractivity (Wildman–Crippen MR) is 116 cm³/mol. The van der Waals surface area contributed by atoms with Crippen molar-refractivity contribution < 1.29 is 23.2 Å². The molecular weight excluding hydrogens is 427 g/mol. The molecule has 1 saturated heterocycles. The molecular formula is C24H21FN4O4. The lowest BCUT2D eigenvalue weighted by Crippen LogP contribution is -2.53. The average Bonchev–Trinajstić information content (AvgIpc) is 3.52. The van der Waals surface area contributed by atoms with Gasteiger partial charge in [0.2, 0.25) is 5.89 Å². The third kappa shape index (κ3) is 3.65. The molecule has 2 atom stereocenters. The summed E-state index contributed by atoms with van der Waals surface area (Å²) in [5.74, 6) is -0.893. The number of urea groups is 1. The summed E-state index contributed by atoms with van der Waals surface area (Å²) >= 11 is 0. The van der Waals surface area contributed by atoms with E-state index in [4.69, 9.17) is 4.42 Å². The van der Waals surface area contributed by atoms with Gasteiger partial charge in [0.25, 0.3) is 11.8 Å². The number of carbonyl (C=O) groups excluding carboxylic acids is 3. The molecule has 9 heteroatoms. The number of benzene rings is 2. The Morgan fingerprint density at radius 1 is 1.15 bits per heavy atom. The second-order valence-electron chi connectivity index (χ2n) is 8.23. The standard InChI is InChI=1S/C24H21FN4O4/c25-18-10-4-3-9-17(18)19-13-27-21(33-19)16-8-2-1-7-15(16)20(30)26-12-14-6-5-11-24(14)22(31)28-23(32)29-24/h1-4,7-10,13-14H,5-6,11-12H2,(H,26,30)(H2,28,29,31,32). The van der Waals surface area contributed by atoms with Crippen molar-refractivity contribution in [1.29, 1.82) is 0 Å². The summed E-state index contributed by atoms with van der Waals surface area (Å²) in [4.78, 5) is 41.3. The monoisotopic (exact) mass is 448 g/mol. The summed E-state index contributed by atoms with van der Waals surface area (Å²) in [5.41, 5.74) is 0.111. The van der Waals surface area contributed by atoms with Gasteiger partial charge in [0.05, 0.1) is 17.3 Å². The zero-order valence-corrected chi connectivity index (χ0v) is 17.6. The number of rotatable bonds is 5. The molecule has 1 aromatic heterocycles. The van der Waals surface area contributed by atoms with Gasteiger partial charge in [-0.2, -0.15) is 0 Å². The first-order valence-corrected chi connectivity index (χ1v) is 10.7. The number of nitrogens with zero attached hydrogens (tertiary/aromatic N) is 1. The van der Waals surface area contributed by atoms with Gasteiger partial charge in [-0.3, -0.25) is 14.9 Å². The van der Waals surface area contributed by atoms with Gasteiger partial charge >= 0.3 is 6.03 Å². The molecule has 168 valence electrons. The topological polar surface area (TPSA) is 113 Å². The predicted octanol–water partition coefficient (Wildman–Crippen LogP) is 3.26. The van der Waals surface area contributed by atoms with Crippen LogP contribution in [0.4, 0.5) is 9.18 Å². The highest BCUT2D eigenvalue weighted by Gasteiger charge is 2.54. The van der Waals surface area contributed by atoms with E-state index in [0.29, 0.717) is 24.0 Å². The first kappa shape index (κ1) is 20.9. The van der Waals surface area contributed by atoms with Gasteiger partial charge in [0.1, 0.15) is 11.4 Å². The second-order valence-corrected chi connectivity index (χ2v) is 8.23. The van der Waals surface area contributed by atoms with Crippen LogP contribution in [0, 0.1) is 11.7 Å². The number of imide groups is 1. The van der Waals surface area contributed by atoms with Crippen molar-refractivity contribution in [3.05, 3.63) is 66.1 Å². The van der Waals surface area contributed by atoms with Crippen molar-refractivity contribution in [3.8, 4) is 22.8 Å². The van der Waals surface area contributed by atoms with Gasteiger partial charge < -0.3 is 15.1 Å². The Balaban J connectivity index is 1.35. The molecule has 0 radical (unpaired) electrons. The van der Waals surface area contributed by atoms with Crippen LogP contribution in [0.1, 0.15) is 29.6 Å². The number of halogens is 1.